The Morgan fingerprint density at radius 1 is 0.914 bits per heavy atom. The van der Waals surface area contributed by atoms with Gasteiger partial charge in [-0.25, -0.2) is 0 Å². The van der Waals surface area contributed by atoms with Gasteiger partial charge in [-0.05, 0) is 90.2 Å². The first kappa shape index (κ1) is 24.9. The molecule has 9 heteroatoms. The molecule has 0 bridgehead atoms. The quantitative estimate of drug-likeness (QED) is 0.136. The summed E-state index contributed by atoms with van der Waals surface area (Å²) in [6.07, 6.45) is 0.316. The van der Waals surface area contributed by atoms with Gasteiger partial charge in [-0.3, -0.25) is 14.2 Å². The fraction of sp³-hybridized carbons (Fsp3) is 0.154. The minimum Gasteiger partial charge on any atom is -0.378 e. The molecule has 0 saturated carbocycles. The van der Waals surface area contributed by atoms with Gasteiger partial charge in [0, 0.05) is 38.4 Å². The minimum atomic E-state index is -0.0977. The zero-order valence-electron chi connectivity index (χ0n) is 19.1. The molecule has 4 aromatic rings. The molecule has 1 heterocycles. The molecule has 0 fully saturated rings. The highest BCUT2D eigenvalue weighted by Gasteiger charge is 2.15. The van der Waals surface area contributed by atoms with Crippen LogP contribution in [-0.4, -0.2) is 32.2 Å². The van der Waals surface area contributed by atoms with E-state index in [-0.39, 0.29) is 11.7 Å². The molecule has 178 valence electrons. The number of rotatable bonds is 10. The average Bonchev–Trinajstić information content (AvgIpc) is 3.27. The number of amides is 1. The van der Waals surface area contributed by atoms with E-state index in [4.69, 9.17) is 0 Å². The lowest BCUT2D eigenvalue weighted by Gasteiger charge is -2.11. The number of thioether (sulfide) groups is 1. The standard InChI is InChI=1S/C26H24IN5O2S/c1-18(33)19-7-11-22(12-8-19)29-25(34)15-16-35-26-31-30-24(32(26)23-5-3-2-4-6-23)17-28-21-13-9-20(27)10-14-21/h2-14,28H,15-17H2,1H3,(H,29,34). The highest BCUT2D eigenvalue weighted by molar-refractivity contribution is 14.1. The molecule has 0 aliphatic heterocycles. The van der Waals surface area contributed by atoms with E-state index in [9.17, 15) is 9.59 Å². The molecule has 1 amide bonds. The molecule has 0 unspecified atom stereocenters. The third-order valence-corrected chi connectivity index (χ3v) is 6.79. The van der Waals surface area contributed by atoms with Crippen LogP contribution < -0.4 is 10.6 Å². The molecule has 35 heavy (non-hydrogen) atoms. The number of ketones is 1. The molecule has 0 aliphatic carbocycles. The monoisotopic (exact) mass is 597 g/mol. The van der Waals surface area contributed by atoms with Crippen molar-refractivity contribution in [3.63, 3.8) is 0 Å². The van der Waals surface area contributed by atoms with Crippen molar-refractivity contribution in [3.05, 3.63) is 93.8 Å². The Bertz CT molecular complexity index is 1290. The van der Waals surface area contributed by atoms with Crippen LogP contribution in [0, 0.1) is 3.57 Å². The molecule has 0 atom stereocenters. The van der Waals surface area contributed by atoms with Crippen molar-refractivity contribution in [2.75, 3.05) is 16.4 Å². The van der Waals surface area contributed by atoms with E-state index in [2.05, 4.69) is 55.6 Å². The van der Waals surface area contributed by atoms with Crippen LogP contribution in [0.15, 0.2) is 84.0 Å². The number of para-hydroxylation sites is 1. The molecule has 0 saturated heterocycles. The molecule has 7 nitrogen and oxygen atoms in total. The van der Waals surface area contributed by atoms with E-state index in [1.807, 2.05) is 47.0 Å². The molecule has 1 aromatic heterocycles. The third-order valence-electron chi connectivity index (χ3n) is 5.15. The predicted octanol–water partition coefficient (Wildman–Crippen LogP) is 5.81. The van der Waals surface area contributed by atoms with Gasteiger partial charge in [0.2, 0.25) is 5.91 Å². The summed E-state index contributed by atoms with van der Waals surface area (Å²) < 4.78 is 3.19. The van der Waals surface area contributed by atoms with Gasteiger partial charge < -0.3 is 10.6 Å². The lowest BCUT2D eigenvalue weighted by Crippen LogP contribution is -2.12. The Morgan fingerprint density at radius 3 is 2.29 bits per heavy atom. The van der Waals surface area contributed by atoms with Crippen LogP contribution >= 0.6 is 34.4 Å². The topological polar surface area (TPSA) is 88.9 Å². The summed E-state index contributed by atoms with van der Waals surface area (Å²) in [7, 11) is 0. The number of hydrogen-bond acceptors (Lipinski definition) is 6. The van der Waals surface area contributed by atoms with Crippen molar-refractivity contribution in [1.29, 1.82) is 0 Å². The van der Waals surface area contributed by atoms with Gasteiger partial charge in [0.15, 0.2) is 16.8 Å². The fourth-order valence-electron chi connectivity index (χ4n) is 3.34. The summed E-state index contributed by atoms with van der Waals surface area (Å²) in [4.78, 5) is 23.8. The normalized spacial score (nSPS) is 10.7. The van der Waals surface area contributed by atoms with Gasteiger partial charge in [-0.1, -0.05) is 30.0 Å². The van der Waals surface area contributed by atoms with Crippen molar-refractivity contribution in [2.45, 2.75) is 25.0 Å². The number of hydrogen-bond donors (Lipinski definition) is 2. The smallest absolute Gasteiger partial charge is 0.225 e. The first-order valence-electron chi connectivity index (χ1n) is 11.0. The molecule has 2 N–H and O–H groups in total. The lowest BCUT2D eigenvalue weighted by molar-refractivity contribution is -0.115. The van der Waals surface area contributed by atoms with Crippen molar-refractivity contribution in [2.24, 2.45) is 0 Å². The summed E-state index contributed by atoms with van der Waals surface area (Å²) in [6, 6.07) is 25.0. The SMILES string of the molecule is CC(=O)c1ccc(NC(=O)CCSc2nnc(CNc3ccc(I)cc3)n2-c2ccccc2)cc1. The Hall–Kier alpha value is -3.18. The number of benzene rings is 3. The van der Waals surface area contributed by atoms with Gasteiger partial charge in [0.1, 0.15) is 0 Å². The molecule has 0 aliphatic rings. The summed E-state index contributed by atoms with van der Waals surface area (Å²) in [5.74, 6) is 1.23. The maximum atomic E-state index is 12.4. The molecular weight excluding hydrogens is 573 g/mol. The van der Waals surface area contributed by atoms with Gasteiger partial charge >= 0.3 is 0 Å². The molecular formula is C26H24IN5O2S. The van der Waals surface area contributed by atoms with E-state index in [1.165, 1.54) is 22.3 Å². The van der Waals surface area contributed by atoms with E-state index in [0.717, 1.165) is 22.4 Å². The Morgan fingerprint density at radius 2 is 1.60 bits per heavy atom. The first-order valence-corrected chi connectivity index (χ1v) is 13.1. The van der Waals surface area contributed by atoms with Gasteiger partial charge in [-0.2, -0.15) is 0 Å². The fourth-order valence-corrected chi connectivity index (χ4v) is 4.61. The van der Waals surface area contributed by atoms with Crippen LogP contribution in [0.5, 0.6) is 0 Å². The summed E-state index contributed by atoms with van der Waals surface area (Å²) in [5, 5.41) is 15.8. The average molecular weight is 597 g/mol. The van der Waals surface area contributed by atoms with Crippen molar-refractivity contribution in [1.82, 2.24) is 14.8 Å². The van der Waals surface area contributed by atoms with Gasteiger partial charge in [0.05, 0.1) is 6.54 Å². The van der Waals surface area contributed by atoms with Crippen LogP contribution in [0.1, 0.15) is 29.5 Å². The number of Topliss-reactive ketones (excluding diaryl/α,β-unsaturated/α-hetero) is 1. The summed E-state index contributed by atoms with van der Waals surface area (Å²) in [6.45, 7) is 2.03. The molecule has 0 spiro atoms. The van der Waals surface area contributed by atoms with Crippen LogP contribution in [0.4, 0.5) is 11.4 Å². The number of anilines is 2. The largest absolute Gasteiger partial charge is 0.378 e. The number of halogens is 1. The summed E-state index contributed by atoms with van der Waals surface area (Å²) >= 11 is 3.77. The van der Waals surface area contributed by atoms with Crippen LogP contribution in [0.25, 0.3) is 5.69 Å². The van der Waals surface area contributed by atoms with E-state index < -0.39 is 0 Å². The van der Waals surface area contributed by atoms with Crippen LogP contribution in [-0.2, 0) is 11.3 Å². The van der Waals surface area contributed by atoms with Crippen molar-refractivity contribution >= 4 is 57.4 Å². The second-order valence-corrected chi connectivity index (χ2v) is 10.0. The van der Waals surface area contributed by atoms with Crippen molar-refractivity contribution < 1.29 is 9.59 Å². The van der Waals surface area contributed by atoms with Crippen LogP contribution in [0.3, 0.4) is 0 Å². The molecule has 0 radical (unpaired) electrons. The van der Waals surface area contributed by atoms with E-state index in [0.29, 0.717) is 30.0 Å². The van der Waals surface area contributed by atoms with E-state index in [1.54, 1.807) is 24.3 Å². The minimum absolute atomic E-state index is 0.00471. The third kappa shape index (κ3) is 6.92. The molecule has 3 aromatic carbocycles. The maximum absolute atomic E-state index is 12.4. The van der Waals surface area contributed by atoms with Crippen molar-refractivity contribution in [3.8, 4) is 5.69 Å². The second kappa shape index (κ2) is 12.0. The van der Waals surface area contributed by atoms with Gasteiger partial charge in [-0.15, -0.1) is 10.2 Å². The number of carbonyl (C=O) groups excluding carboxylic acids is 2. The summed E-state index contributed by atoms with van der Waals surface area (Å²) in [5.41, 5.74) is 3.26. The zero-order chi connectivity index (χ0) is 24.6. The highest BCUT2D eigenvalue weighted by atomic mass is 127. The Labute approximate surface area is 221 Å². The van der Waals surface area contributed by atoms with Crippen LogP contribution in [0.2, 0.25) is 0 Å². The Kier molecular flexibility index (Phi) is 8.54. The maximum Gasteiger partial charge on any atom is 0.225 e. The van der Waals surface area contributed by atoms with Gasteiger partial charge in [0.25, 0.3) is 0 Å². The zero-order valence-corrected chi connectivity index (χ0v) is 22.0. The highest BCUT2D eigenvalue weighted by Crippen LogP contribution is 2.24. The second-order valence-electron chi connectivity index (χ2n) is 7.71. The van der Waals surface area contributed by atoms with E-state index >= 15 is 0 Å². The first-order chi connectivity index (χ1) is 17.0. The lowest BCUT2D eigenvalue weighted by atomic mass is 10.1. The number of carbonyl (C=O) groups is 2. The number of aromatic nitrogens is 3. The molecule has 4 rings (SSSR count). The predicted molar refractivity (Wildman–Crippen MR) is 148 cm³/mol. The number of nitrogens with zero attached hydrogens (tertiary/aromatic N) is 3. The Balaban J connectivity index is 1.39. The number of nitrogens with one attached hydrogen (secondary N) is 2.